The molecule has 0 spiro atoms. The summed E-state index contributed by atoms with van der Waals surface area (Å²) in [5.41, 5.74) is 5.13. The smallest absolute Gasteiger partial charge is 0.266 e. The average Bonchev–Trinajstić information content (AvgIpc) is 3.46. The molecule has 5 rings (SSSR count). The molecule has 8 nitrogen and oxygen atoms in total. The molecule has 0 saturated heterocycles. The second-order valence-electron chi connectivity index (χ2n) is 11.6. The van der Waals surface area contributed by atoms with Gasteiger partial charge in [0.15, 0.2) is 0 Å². The van der Waals surface area contributed by atoms with E-state index in [1.54, 1.807) is 57.3 Å². The first-order valence-electron chi connectivity index (χ1n) is 15.1. The van der Waals surface area contributed by atoms with Gasteiger partial charge in [-0.05, 0) is 80.7 Å². The zero-order valence-electron chi connectivity index (χ0n) is 26.6. The molecule has 2 heterocycles. The van der Waals surface area contributed by atoms with Crippen LogP contribution in [0.4, 0.5) is 10.1 Å². The first-order chi connectivity index (χ1) is 21.5. The maximum Gasteiger partial charge on any atom is 0.266 e. The number of ether oxygens (including phenoxy) is 1. The molecule has 0 fully saturated rings. The van der Waals surface area contributed by atoms with Crippen molar-refractivity contribution in [1.82, 2.24) is 19.7 Å². The van der Waals surface area contributed by atoms with Crippen LogP contribution in [-0.2, 0) is 16.0 Å². The second kappa shape index (κ2) is 13.0. The van der Waals surface area contributed by atoms with Crippen molar-refractivity contribution in [3.8, 4) is 28.3 Å². The fourth-order valence-electron chi connectivity index (χ4n) is 6.12. The van der Waals surface area contributed by atoms with Crippen molar-refractivity contribution in [3.05, 3.63) is 88.1 Å². The molecular weight excluding hydrogens is 593 g/mol. The zero-order valence-corrected chi connectivity index (χ0v) is 27.4. The van der Waals surface area contributed by atoms with Crippen molar-refractivity contribution in [3.63, 3.8) is 0 Å². The van der Waals surface area contributed by atoms with E-state index in [0.29, 0.717) is 39.8 Å². The van der Waals surface area contributed by atoms with Crippen LogP contribution in [-0.4, -0.2) is 66.3 Å². The van der Waals surface area contributed by atoms with Crippen molar-refractivity contribution in [2.24, 2.45) is 0 Å². The number of nitrogens with one attached hydrogen (secondary N) is 1. The predicted molar refractivity (Wildman–Crippen MR) is 176 cm³/mol. The first kappa shape index (κ1) is 32.2. The number of aryl methyl sites for hydroxylation is 1. The number of carbonyl (C=O) groups is 2. The minimum atomic E-state index is -0.583. The van der Waals surface area contributed by atoms with Crippen molar-refractivity contribution in [2.45, 2.75) is 45.6 Å². The van der Waals surface area contributed by atoms with Crippen LogP contribution in [0.25, 0.3) is 22.4 Å². The Morgan fingerprint density at radius 2 is 2.00 bits per heavy atom. The summed E-state index contributed by atoms with van der Waals surface area (Å²) in [6.45, 7) is 8.81. The number of halogens is 2. The molecule has 1 N–H and O–H groups in total. The third-order valence-electron chi connectivity index (χ3n) is 8.83. The van der Waals surface area contributed by atoms with E-state index in [1.807, 2.05) is 6.07 Å². The quantitative estimate of drug-likeness (QED) is 0.258. The van der Waals surface area contributed by atoms with Crippen molar-refractivity contribution in [2.75, 3.05) is 40.1 Å². The third kappa shape index (κ3) is 5.94. The lowest BCUT2D eigenvalue weighted by molar-refractivity contribution is -0.128. The van der Waals surface area contributed by atoms with Crippen molar-refractivity contribution < 1.29 is 18.7 Å². The fourth-order valence-corrected chi connectivity index (χ4v) is 6.47. The highest BCUT2D eigenvalue weighted by atomic mass is 35.5. The number of hydrogen-bond donors (Lipinski definition) is 1. The molecule has 1 aromatic heterocycles. The number of aromatic nitrogens is 1. The third-order valence-corrected chi connectivity index (χ3v) is 9.23. The number of rotatable bonds is 9. The predicted octanol–water partition coefficient (Wildman–Crippen LogP) is 6.94. The molecule has 0 bridgehead atoms. The molecule has 1 aliphatic heterocycles. The number of carbonyl (C=O) groups excluding carboxylic acids is 2. The summed E-state index contributed by atoms with van der Waals surface area (Å²) in [7, 11) is 7.03. The summed E-state index contributed by atoms with van der Waals surface area (Å²) >= 11 is 6.99. The number of benzene rings is 2. The molecule has 1 unspecified atom stereocenters. The van der Waals surface area contributed by atoms with Gasteiger partial charge in [0.05, 0.1) is 17.8 Å². The van der Waals surface area contributed by atoms with E-state index in [9.17, 15) is 9.59 Å². The Bertz CT molecular complexity index is 1720. The molecule has 2 aliphatic rings. The molecule has 1 aliphatic carbocycles. The summed E-state index contributed by atoms with van der Waals surface area (Å²) in [6.07, 6.45) is 5.55. The number of hydrogen-bond acceptors (Lipinski definition) is 6. The number of nitrogens with zero attached hydrogens (tertiary/aromatic N) is 4. The molecule has 0 saturated carbocycles. The van der Waals surface area contributed by atoms with Gasteiger partial charge in [0.2, 0.25) is 5.88 Å². The van der Waals surface area contributed by atoms with Crippen LogP contribution in [0.2, 0.25) is 5.02 Å². The fraction of sp³-hybridized carbons (Fsp3) is 0.343. The molecule has 1 atom stereocenters. The average molecular weight is 632 g/mol. The molecular formula is C35H39ClFN5O3. The molecule has 3 aromatic rings. The van der Waals surface area contributed by atoms with Gasteiger partial charge in [-0.25, -0.2) is 9.37 Å². The van der Waals surface area contributed by atoms with Crippen LogP contribution in [0.1, 0.15) is 48.9 Å². The highest BCUT2D eigenvalue weighted by Crippen LogP contribution is 2.45. The molecule has 236 valence electrons. The minimum Gasteiger partial charge on any atom is -0.481 e. The summed E-state index contributed by atoms with van der Waals surface area (Å²) in [4.78, 5) is 36.1. The Labute approximate surface area is 269 Å². The molecule has 2 aromatic carbocycles. The minimum absolute atomic E-state index is 0.0427. The highest BCUT2D eigenvalue weighted by Gasteiger charge is 2.32. The maximum absolute atomic E-state index is 15.6. The summed E-state index contributed by atoms with van der Waals surface area (Å²) < 4.78 is 21.4. The number of unbranched alkanes of at least 4 members (excludes halogenated alkanes) is 1. The van der Waals surface area contributed by atoms with Crippen LogP contribution in [0.3, 0.4) is 0 Å². The molecule has 0 radical (unpaired) electrons. The summed E-state index contributed by atoms with van der Waals surface area (Å²) in [5, 5.41) is 3.03. The topological polar surface area (TPSA) is 78.0 Å². The van der Waals surface area contributed by atoms with E-state index < -0.39 is 17.6 Å². The zero-order chi connectivity index (χ0) is 32.6. The van der Waals surface area contributed by atoms with E-state index in [0.717, 1.165) is 43.4 Å². The van der Waals surface area contributed by atoms with Crippen molar-refractivity contribution in [1.29, 1.82) is 0 Å². The number of methoxy groups -OCH3 is 1. The Morgan fingerprint density at radius 3 is 2.71 bits per heavy atom. The van der Waals surface area contributed by atoms with Crippen LogP contribution in [0, 0.1) is 12.7 Å². The second-order valence-corrected chi connectivity index (χ2v) is 12.0. The maximum atomic E-state index is 15.6. The number of fused-ring (bicyclic) bond motifs is 1. The van der Waals surface area contributed by atoms with E-state index in [1.165, 1.54) is 17.2 Å². The van der Waals surface area contributed by atoms with E-state index in [-0.39, 0.29) is 22.2 Å². The molecule has 10 heteroatoms. The van der Waals surface area contributed by atoms with Crippen molar-refractivity contribution >= 4 is 29.1 Å². The van der Waals surface area contributed by atoms with Crippen LogP contribution in [0.15, 0.2) is 60.6 Å². The Morgan fingerprint density at radius 1 is 1.24 bits per heavy atom. The van der Waals surface area contributed by atoms with Gasteiger partial charge in [-0.15, -0.1) is 0 Å². The van der Waals surface area contributed by atoms with E-state index >= 15 is 4.39 Å². The first-order valence-corrected chi connectivity index (χ1v) is 15.5. The largest absolute Gasteiger partial charge is 0.481 e. The SMILES string of the molecule is C=C1N(C)C=C(C(=O)Nc2cccc(-c3c(F)ccc(-c4cc5c(c(OC)n4)C(N(C)CCCC)CC5)c3Cl)c2C)C(=O)N1C. The lowest BCUT2D eigenvalue weighted by Gasteiger charge is -2.31. The lowest BCUT2D eigenvalue weighted by Crippen LogP contribution is -2.41. The van der Waals surface area contributed by atoms with Gasteiger partial charge in [0, 0.05) is 48.7 Å². The van der Waals surface area contributed by atoms with Gasteiger partial charge >= 0.3 is 0 Å². The Hall–Kier alpha value is -4.21. The highest BCUT2D eigenvalue weighted by molar-refractivity contribution is 6.36. The van der Waals surface area contributed by atoms with Gasteiger partial charge in [0.1, 0.15) is 17.2 Å². The lowest BCUT2D eigenvalue weighted by atomic mass is 9.95. The number of likely N-dealkylation sites (N-methyl/N-ethyl adjacent to an activating group) is 1. The van der Waals surface area contributed by atoms with Gasteiger partial charge in [0.25, 0.3) is 11.8 Å². The standard InChI is InChI=1S/C35H39ClFN5O3/c1-8-9-17-40(4)29-16-13-22-18-28(39-34(45-7)30(22)29)24-14-15-26(37)31(32(24)36)23-11-10-12-27(20(23)2)38-33(43)25-19-41(5)21(3)42(6)35(25)44/h10-12,14-15,18-19,29H,3,8-9,13,16-17H2,1-2,4-7H3,(H,38,43). The Kier molecular flexibility index (Phi) is 9.32. The summed E-state index contributed by atoms with van der Waals surface area (Å²) in [5.74, 6) is -0.549. The van der Waals surface area contributed by atoms with Gasteiger partial charge in [-0.2, -0.15) is 0 Å². The number of amides is 2. The van der Waals surface area contributed by atoms with Crippen LogP contribution >= 0.6 is 11.6 Å². The number of pyridine rings is 1. The summed E-state index contributed by atoms with van der Waals surface area (Å²) in [6, 6.07) is 10.4. The van der Waals surface area contributed by atoms with Gasteiger partial charge in [-0.3, -0.25) is 19.4 Å². The normalized spacial score (nSPS) is 16.3. The molecule has 2 amide bonds. The monoisotopic (exact) mass is 631 g/mol. The van der Waals surface area contributed by atoms with Crippen LogP contribution in [0.5, 0.6) is 5.88 Å². The number of anilines is 1. The van der Waals surface area contributed by atoms with Gasteiger partial charge in [-0.1, -0.05) is 43.7 Å². The van der Waals surface area contributed by atoms with Gasteiger partial charge < -0.3 is 15.0 Å². The Balaban J connectivity index is 1.51. The van der Waals surface area contributed by atoms with E-state index in [2.05, 4.69) is 30.8 Å². The van der Waals surface area contributed by atoms with Crippen LogP contribution < -0.4 is 10.1 Å². The van der Waals surface area contributed by atoms with E-state index in [4.69, 9.17) is 21.3 Å². The molecule has 45 heavy (non-hydrogen) atoms.